The summed E-state index contributed by atoms with van der Waals surface area (Å²) in [6.45, 7) is 0. The number of carbonyl (C=O) groups is 1. The van der Waals surface area contributed by atoms with Gasteiger partial charge in [0.25, 0.3) is 0 Å². The number of hydrogen-bond acceptors (Lipinski definition) is 3. The summed E-state index contributed by atoms with van der Waals surface area (Å²) in [5.41, 5.74) is 3.83. The van der Waals surface area contributed by atoms with Gasteiger partial charge >= 0.3 is 0 Å². The molecule has 0 aromatic heterocycles. The van der Waals surface area contributed by atoms with Crippen molar-refractivity contribution < 1.29 is 4.79 Å². The van der Waals surface area contributed by atoms with Crippen LogP contribution >= 0.6 is 11.8 Å². The highest BCUT2D eigenvalue weighted by molar-refractivity contribution is 8.00. The van der Waals surface area contributed by atoms with Gasteiger partial charge in [0.2, 0.25) is 5.91 Å². The Balaban J connectivity index is 1.57. The lowest BCUT2D eigenvalue weighted by molar-refractivity contribution is -0.118. The molecule has 23 heavy (non-hydrogen) atoms. The molecule has 0 unspecified atom stereocenters. The fraction of sp³-hybridized carbons (Fsp3) is 0.105. The van der Waals surface area contributed by atoms with Crippen LogP contribution in [-0.4, -0.2) is 18.7 Å². The van der Waals surface area contributed by atoms with E-state index in [9.17, 15) is 4.79 Å². The van der Waals surface area contributed by atoms with Gasteiger partial charge in [-0.15, -0.1) is 11.8 Å². The van der Waals surface area contributed by atoms with E-state index in [1.807, 2.05) is 49.5 Å². The third-order valence-corrected chi connectivity index (χ3v) is 4.52. The van der Waals surface area contributed by atoms with E-state index in [1.165, 1.54) is 10.8 Å². The SMILES string of the molecule is CN(NC(=O)CSc1ccc2ccccc2c1)c1ccccc1. The number of fused-ring (bicyclic) bond motifs is 1. The average molecular weight is 322 g/mol. The van der Waals surface area contributed by atoms with Gasteiger partial charge in [0.15, 0.2) is 0 Å². The minimum absolute atomic E-state index is 0.0190. The van der Waals surface area contributed by atoms with Crippen molar-refractivity contribution >= 4 is 34.1 Å². The van der Waals surface area contributed by atoms with Gasteiger partial charge in [-0.3, -0.25) is 15.2 Å². The molecule has 3 aromatic rings. The number of amides is 1. The number of rotatable bonds is 5. The second-order valence-electron chi connectivity index (χ2n) is 5.23. The molecule has 0 heterocycles. The van der Waals surface area contributed by atoms with Crippen LogP contribution in [0, 0.1) is 0 Å². The molecule has 3 nitrogen and oxygen atoms in total. The van der Waals surface area contributed by atoms with Crippen LogP contribution in [0.25, 0.3) is 10.8 Å². The Bertz CT molecular complexity index is 805. The van der Waals surface area contributed by atoms with E-state index in [4.69, 9.17) is 0 Å². The Kier molecular flexibility index (Phi) is 4.83. The first-order chi connectivity index (χ1) is 11.2. The van der Waals surface area contributed by atoms with E-state index < -0.39 is 0 Å². The molecule has 0 spiro atoms. The molecule has 0 saturated heterocycles. The van der Waals surface area contributed by atoms with Crippen LogP contribution in [-0.2, 0) is 4.79 Å². The Labute approximate surface area is 140 Å². The Morgan fingerprint density at radius 2 is 1.65 bits per heavy atom. The first-order valence-corrected chi connectivity index (χ1v) is 8.41. The molecule has 0 atom stereocenters. The summed E-state index contributed by atoms with van der Waals surface area (Å²) >= 11 is 1.54. The fourth-order valence-corrected chi connectivity index (χ4v) is 3.08. The number of benzene rings is 3. The fourth-order valence-electron chi connectivity index (χ4n) is 2.34. The molecule has 0 saturated carbocycles. The number of carbonyl (C=O) groups excluding carboxylic acids is 1. The van der Waals surface area contributed by atoms with Crippen molar-refractivity contribution in [3.8, 4) is 0 Å². The van der Waals surface area contributed by atoms with Gasteiger partial charge in [0.1, 0.15) is 0 Å². The van der Waals surface area contributed by atoms with E-state index in [-0.39, 0.29) is 5.91 Å². The quantitative estimate of drug-likeness (QED) is 0.567. The Morgan fingerprint density at radius 1 is 0.957 bits per heavy atom. The third-order valence-electron chi connectivity index (χ3n) is 3.53. The van der Waals surface area contributed by atoms with Crippen molar-refractivity contribution in [2.24, 2.45) is 0 Å². The average Bonchev–Trinajstić information content (AvgIpc) is 2.60. The minimum Gasteiger partial charge on any atom is -0.289 e. The summed E-state index contributed by atoms with van der Waals surface area (Å²) in [5.74, 6) is 0.365. The molecule has 3 aromatic carbocycles. The summed E-state index contributed by atoms with van der Waals surface area (Å²) in [6.07, 6.45) is 0. The van der Waals surface area contributed by atoms with Gasteiger partial charge in [-0.1, -0.05) is 48.5 Å². The summed E-state index contributed by atoms with van der Waals surface area (Å²) in [5, 5.41) is 4.15. The van der Waals surface area contributed by atoms with Crippen LogP contribution in [0.1, 0.15) is 0 Å². The van der Waals surface area contributed by atoms with E-state index in [0.29, 0.717) is 5.75 Å². The van der Waals surface area contributed by atoms with Crippen LogP contribution in [0.2, 0.25) is 0 Å². The number of anilines is 1. The molecule has 1 amide bonds. The van der Waals surface area contributed by atoms with Crippen molar-refractivity contribution in [3.63, 3.8) is 0 Å². The zero-order chi connectivity index (χ0) is 16.1. The van der Waals surface area contributed by atoms with Crippen molar-refractivity contribution in [2.45, 2.75) is 4.90 Å². The zero-order valence-corrected chi connectivity index (χ0v) is 13.7. The van der Waals surface area contributed by atoms with Gasteiger partial charge in [0.05, 0.1) is 11.4 Å². The molecule has 3 rings (SSSR count). The highest BCUT2D eigenvalue weighted by Gasteiger charge is 2.07. The highest BCUT2D eigenvalue weighted by atomic mass is 32.2. The zero-order valence-electron chi connectivity index (χ0n) is 12.9. The van der Waals surface area contributed by atoms with Gasteiger partial charge in [-0.25, -0.2) is 0 Å². The number of hydrogen-bond donors (Lipinski definition) is 1. The normalized spacial score (nSPS) is 10.5. The maximum absolute atomic E-state index is 12.1. The highest BCUT2D eigenvalue weighted by Crippen LogP contribution is 2.23. The number of hydrazine groups is 1. The van der Waals surface area contributed by atoms with E-state index >= 15 is 0 Å². The molecule has 0 bridgehead atoms. The Morgan fingerprint density at radius 3 is 2.43 bits per heavy atom. The van der Waals surface area contributed by atoms with E-state index in [2.05, 4.69) is 35.8 Å². The maximum Gasteiger partial charge on any atom is 0.248 e. The minimum atomic E-state index is -0.0190. The number of nitrogens with one attached hydrogen (secondary N) is 1. The standard InChI is InChI=1S/C19H18N2OS/c1-21(17-9-3-2-4-10-17)20-19(22)14-23-18-12-11-15-7-5-6-8-16(15)13-18/h2-13H,14H2,1H3,(H,20,22). The smallest absolute Gasteiger partial charge is 0.248 e. The van der Waals surface area contributed by atoms with Crippen molar-refractivity contribution in [3.05, 3.63) is 72.8 Å². The number of thioether (sulfide) groups is 1. The maximum atomic E-state index is 12.1. The van der Waals surface area contributed by atoms with Crippen LogP contribution < -0.4 is 10.4 Å². The summed E-state index contributed by atoms with van der Waals surface area (Å²) < 4.78 is 0. The molecule has 1 N–H and O–H groups in total. The first-order valence-electron chi connectivity index (χ1n) is 7.42. The second-order valence-corrected chi connectivity index (χ2v) is 6.28. The monoisotopic (exact) mass is 322 g/mol. The lowest BCUT2D eigenvalue weighted by atomic mass is 10.1. The molecular weight excluding hydrogens is 304 g/mol. The van der Waals surface area contributed by atoms with Gasteiger partial charge in [0, 0.05) is 11.9 Å². The summed E-state index contributed by atoms with van der Waals surface area (Å²) in [7, 11) is 1.84. The van der Waals surface area contributed by atoms with Crippen molar-refractivity contribution in [1.82, 2.24) is 5.43 Å². The molecule has 0 aliphatic rings. The predicted octanol–water partition coefficient (Wildman–Crippen LogP) is 4.10. The summed E-state index contributed by atoms with van der Waals surface area (Å²) in [6, 6.07) is 24.3. The lowest BCUT2D eigenvalue weighted by Gasteiger charge is -2.20. The van der Waals surface area contributed by atoms with Gasteiger partial charge in [-0.05, 0) is 35.0 Å². The topological polar surface area (TPSA) is 32.3 Å². The molecule has 0 aliphatic carbocycles. The number of para-hydroxylation sites is 1. The van der Waals surface area contributed by atoms with Crippen LogP contribution in [0.5, 0.6) is 0 Å². The van der Waals surface area contributed by atoms with Crippen molar-refractivity contribution in [2.75, 3.05) is 17.8 Å². The van der Waals surface area contributed by atoms with Gasteiger partial charge < -0.3 is 0 Å². The molecule has 0 radical (unpaired) electrons. The number of nitrogens with zero attached hydrogens (tertiary/aromatic N) is 1. The molecule has 0 aliphatic heterocycles. The Hall–Kier alpha value is -2.46. The van der Waals surface area contributed by atoms with Crippen LogP contribution in [0.3, 0.4) is 0 Å². The molecule has 4 heteroatoms. The van der Waals surface area contributed by atoms with E-state index in [0.717, 1.165) is 10.6 Å². The van der Waals surface area contributed by atoms with E-state index in [1.54, 1.807) is 16.8 Å². The van der Waals surface area contributed by atoms with Gasteiger partial charge in [-0.2, -0.15) is 0 Å². The third kappa shape index (κ3) is 4.05. The van der Waals surface area contributed by atoms with Crippen molar-refractivity contribution in [1.29, 1.82) is 0 Å². The van der Waals surface area contributed by atoms with Crippen LogP contribution in [0.15, 0.2) is 77.7 Å². The molecular formula is C19H18N2OS. The lowest BCUT2D eigenvalue weighted by Crippen LogP contribution is -2.40. The molecule has 0 fully saturated rings. The largest absolute Gasteiger partial charge is 0.289 e. The molecule has 116 valence electrons. The predicted molar refractivity (Wildman–Crippen MR) is 97.7 cm³/mol. The second kappa shape index (κ2) is 7.20. The first kappa shape index (κ1) is 15.4. The summed E-state index contributed by atoms with van der Waals surface area (Å²) in [4.78, 5) is 13.2. The van der Waals surface area contributed by atoms with Crippen LogP contribution in [0.4, 0.5) is 5.69 Å².